The second-order valence-corrected chi connectivity index (χ2v) is 4.56. The Balaban J connectivity index is 2.52. The molecule has 0 aliphatic heterocycles. The monoisotopic (exact) mass is 227 g/mol. The van der Waals surface area contributed by atoms with E-state index in [1.807, 2.05) is 24.4 Å². The van der Waals surface area contributed by atoms with Crippen LogP contribution in [0.2, 0.25) is 0 Å². The average Bonchev–Trinajstić information content (AvgIpc) is 2.77. The van der Waals surface area contributed by atoms with Gasteiger partial charge in [-0.1, -0.05) is 13.0 Å². The van der Waals surface area contributed by atoms with E-state index in [4.69, 9.17) is 10.5 Å². The number of ether oxygens (including phenoxy) is 1. The standard InChI is InChI=1S/C11H17NO2S/c1-8(5-6-14-2)11(13)10(12)9-4-3-7-15-9/h3-4,7-8,10H,5-6,12H2,1-2H3. The van der Waals surface area contributed by atoms with Gasteiger partial charge in [-0.25, -0.2) is 0 Å². The molecule has 1 heterocycles. The van der Waals surface area contributed by atoms with Crippen LogP contribution < -0.4 is 5.73 Å². The van der Waals surface area contributed by atoms with Crippen molar-refractivity contribution in [1.29, 1.82) is 0 Å². The van der Waals surface area contributed by atoms with Crippen LogP contribution in [0.4, 0.5) is 0 Å². The van der Waals surface area contributed by atoms with Crippen molar-refractivity contribution in [2.24, 2.45) is 11.7 Å². The minimum absolute atomic E-state index is 0.0398. The minimum Gasteiger partial charge on any atom is -0.385 e. The lowest BCUT2D eigenvalue weighted by Gasteiger charge is -2.14. The largest absolute Gasteiger partial charge is 0.385 e. The fourth-order valence-electron chi connectivity index (χ4n) is 1.35. The van der Waals surface area contributed by atoms with Gasteiger partial charge in [-0.05, 0) is 17.9 Å². The highest BCUT2D eigenvalue weighted by atomic mass is 32.1. The van der Waals surface area contributed by atoms with E-state index in [9.17, 15) is 4.79 Å². The first kappa shape index (κ1) is 12.4. The van der Waals surface area contributed by atoms with Crippen LogP contribution in [-0.4, -0.2) is 19.5 Å². The summed E-state index contributed by atoms with van der Waals surface area (Å²) in [6, 6.07) is 3.33. The number of Topliss-reactive ketones (excluding diaryl/α,β-unsaturated/α-hetero) is 1. The van der Waals surface area contributed by atoms with Crippen LogP contribution in [0, 0.1) is 5.92 Å². The number of thiophene rings is 1. The third kappa shape index (κ3) is 3.41. The molecule has 0 spiro atoms. The van der Waals surface area contributed by atoms with Gasteiger partial charge in [0.15, 0.2) is 5.78 Å². The summed E-state index contributed by atoms with van der Waals surface area (Å²) in [5.74, 6) is 0.0524. The van der Waals surface area contributed by atoms with E-state index >= 15 is 0 Å². The summed E-state index contributed by atoms with van der Waals surface area (Å²) in [7, 11) is 1.64. The zero-order chi connectivity index (χ0) is 11.3. The van der Waals surface area contributed by atoms with Crippen molar-refractivity contribution in [1.82, 2.24) is 0 Å². The van der Waals surface area contributed by atoms with Crippen molar-refractivity contribution < 1.29 is 9.53 Å². The van der Waals surface area contributed by atoms with Gasteiger partial charge in [0.05, 0.1) is 6.04 Å². The van der Waals surface area contributed by atoms with Crippen LogP contribution in [-0.2, 0) is 9.53 Å². The van der Waals surface area contributed by atoms with Gasteiger partial charge in [-0.2, -0.15) is 0 Å². The summed E-state index contributed by atoms with van der Waals surface area (Å²) in [5, 5.41) is 1.93. The second-order valence-electron chi connectivity index (χ2n) is 3.58. The van der Waals surface area contributed by atoms with Crippen LogP contribution in [0.1, 0.15) is 24.3 Å². The van der Waals surface area contributed by atoms with E-state index < -0.39 is 6.04 Å². The zero-order valence-corrected chi connectivity index (χ0v) is 9.92. The summed E-state index contributed by atoms with van der Waals surface area (Å²) < 4.78 is 4.94. The predicted octanol–water partition coefficient (Wildman–Crippen LogP) is 1.99. The van der Waals surface area contributed by atoms with Crippen molar-refractivity contribution >= 4 is 17.1 Å². The quantitative estimate of drug-likeness (QED) is 0.808. The van der Waals surface area contributed by atoms with E-state index in [1.165, 1.54) is 11.3 Å². The summed E-state index contributed by atoms with van der Waals surface area (Å²) in [6.07, 6.45) is 0.731. The van der Waals surface area contributed by atoms with Gasteiger partial charge in [0.25, 0.3) is 0 Å². The van der Waals surface area contributed by atoms with Gasteiger partial charge in [-0.15, -0.1) is 11.3 Å². The fraction of sp³-hybridized carbons (Fsp3) is 0.545. The molecule has 2 unspecified atom stereocenters. The van der Waals surface area contributed by atoms with Crippen molar-refractivity contribution in [3.8, 4) is 0 Å². The predicted molar refractivity (Wildman–Crippen MR) is 61.9 cm³/mol. The first-order valence-corrected chi connectivity index (χ1v) is 5.86. The molecule has 1 aromatic heterocycles. The molecule has 0 radical (unpaired) electrons. The van der Waals surface area contributed by atoms with Crippen molar-refractivity contribution in [3.05, 3.63) is 22.4 Å². The van der Waals surface area contributed by atoms with Crippen LogP contribution in [0.25, 0.3) is 0 Å². The van der Waals surface area contributed by atoms with Crippen molar-refractivity contribution in [3.63, 3.8) is 0 Å². The van der Waals surface area contributed by atoms with E-state index in [-0.39, 0.29) is 11.7 Å². The van der Waals surface area contributed by atoms with Gasteiger partial charge in [0.1, 0.15) is 0 Å². The lowest BCUT2D eigenvalue weighted by Crippen LogP contribution is -2.26. The van der Waals surface area contributed by atoms with Crippen LogP contribution in [0.3, 0.4) is 0 Å². The summed E-state index contributed by atoms with van der Waals surface area (Å²) in [5.41, 5.74) is 5.88. The Kier molecular flexibility index (Phi) is 4.94. The van der Waals surface area contributed by atoms with Gasteiger partial charge in [0.2, 0.25) is 0 Å². The SMILES string of the molecule is COCCC(C)C(=O)C(N)c1cccs1. The molecule has 2 N–H and O–H groups in total. The fourth-order valence-corrected chi connectivity index (χ4v) is 2.09. The highest BCUT2D eigenvalue weighted by molar-refractivity contribution is 7.10. The first-order chi connectivity index (χ1) is 7.16. The third-order valence-electron chi connectivity index (χ3n) is 2.40. The van der Waals surface area contributed by atoms with Gasteiger partial charge >= 0.3 is 0 Å². The molecule has 15 heavy (non-hydrogen) atoms. The topological polar surface area (TPSA) is 52.3 Å². The number of methoxy groups -OCH3 is 1. The molecule has 0 aromatic carbocycles. The summed E-state index contributed by atoms with van der Waals surface area (Å²) in [4.78, 5) is 12.8. The third-order valence-corrected chi connectivity index (χ3v) is 3.35. The normalized spacial score (nSPS) is 14.9. The molecule has 1 aromatic rings. The van der Waals surface area contributed by atoms with E-state index in [1.54, 1.807) is 7.11 Å². The number of ketones is 1. The zero-order valence-electron chi connectivity index (χ0n) is 9.10. The van der Waals surface area contributed by atoms with Crippen LogP contribution >= 0.6 is 11.3 Å². The Morgan fingerprint density at radius 3 is 2.93 bits per heavy atom. The minimum atomic E-state index is -0.475. The van der Waals surface area contributed by atoms with Gasteiger partial charge in [0, 0.05) is 24.5 Å². The number of nitrogens with two attached hydrogens (primary N) is 1. The number of carbonyl (C=O) groups is 1. The van der Waals surface area contributed by atoms with Crippen LogP contribution in [0.5, 0.6) is 0 Å². The Morgan fingerprint density at radius 1 is 1.67 bits per heavy atom. The molecular weight excluding hydrogens is 210 g/mol. The molecule has 1 rings (SSSR count). The van der Waals surface area contributed by atoms with Crippen molar-refractivity contribution in [2.45, 2.75) is 19.4 Å². The molecule has 84 valence electrons. The maximum absolute atomic E-state index is 11.9. The molecule has 0 bridgehead atoms. The number of hydrogen-bond donors (Lipinski definition) is 1. The summed E-state index contributed by atoms with van der Waals surface area (Å²) in [6.45, 7) is 2.50. The highest BCUT2D eigenvalue weighted by Crippen LogP contribution is 2.21. The smallest absolute Gasteiger partial charge is 0.157 e. The molecule has 0 fully saturated rings. The lowest BCUT2D eigenvalue weighted by atomic mass is 9.97. The molecule has 4 heteroatoms. The molecule has 0 aliphatic rings. The Bertz CT molecular complexity index is 298. The number of carbonyl (C=O) groups excluding carboxylic acids is 1. The summed E-state index contributed by atoms with van der Waals surface area (Å²) >= 11 is 1.52. The maximum Gasteiger partial charge on any atom is 0.157 e. The molecule has 0 amide bonds. The van der Waals surface area contributed by atoms with Gasteiger partial charge < -0.3 is 10.5 Å². The Morgan fingerprint density at radius 2 is 2.40 bits per heavy atom. The number of hydrogen-bond acceptors (Lipinski definition) is 4. The first-order valence-electron chi connectivity index (χ1n) is 4.98. The Labute approximate surface area is 94.2 Å². The van der Waals surface area contributed by atoms with E-state index in [2.05, 4.69) is 0 Å². The van der Waals surface area contributed by atoms with Crippen molar-refractivity contribution in [2.75, 3.05) is 13.7 Å². The molecular formula is C11H17NO2S. The number of rotatable bonds is 6. The van der Waals surface area contributed by atoms with Crippen LogP contribution in [0.15, 0.2) is 17.5 Å². The molecule has 0 saturated heterocycles. The lowest BCUT2D eigenvalue weighted by molar-refractivity contribution is -0.124. The molecule has 2 atom stereocenters. The average molecular weight is 227 g/mol. The molecule has 0 saturated carbocycles. The van der Waals surface area contributed by atoms with E-state index in [0.717, 1.165) is 11.3 Å². The second kappa shape index (κ2) is 6.00. The highest BCUT2D eigenvalue weighted by Gasteiger charge is 2.22. The maximum atomic E-state index is 11.9. The molecule has 0 aliphatic carbocycles. The van der Waals surface area contributed by atoms with Gasteiger partial charge in [-0.3, -0.25) is 4.79 Å². The Hall–Kier alpha value is -0.710. The molecule has 3 nitrogen and oxygen atoms in total. The van der Waals surface area contributed by atoms with E-state index in [0.29, 0.717) is 6.61 Å².